The number of halogens is 3. The minimum Gasteiger partial charge on any atom is -0.441 e. The van der Waals surface area contributed by atoms with E-state index in [1.165, 1.54) is 5.38 Å². The molecule has 20 heavy (non-hydrogen) atoms. The molecule has 0 amide bonds. The summed E-state index contributed by atoms with van der Waals surface area (Å²) >= 11 is 1.87. The lowest BCUT2D eigenvalue weighted by molar-refractivity contribution is -0.207. The predicted molar refractivity (Wildman–Crippen MR) is 70.1 cm³/mol. The van der Waals surface area contributed by atoms with Crippen molar-refractivity contribution in [2.75, 3.05) is 0 Å². The Balaban J connectivity index is 2.26. The molecule has 0 saturated carbocycles. The molecular formula is C12H10F3NO2S2. The smallest absolute Gasteiger partial charge is 0.432 e. The highest BCUT2D eigenvalue weighted by Gasteiger charge is 2.46. The number of aromatic nitrogens is 1. The Hall–Kier alpha value is -1.41. The van der Waals surface area contributed by atoms with Gasteiger partial charge < -0.3 is 4.74 Å². The number of thiophene rings is 1. The van der Waals surface area contributed by atoms with E-state index in [1.807, 2.05) is 0 Å². The van der Waals surface area contributed by atoms with Gasteiger partial charge in [-0.05, 0) is 30.9 Å². The highest BCUT2D eigenvalue weighted by atomic mass is 32.1. The summed E-state index contributed by atoms with van der Waals surface area (Å²) in [5, 5.41) is 2.85. The number of ether oxygens (including phenoxy) is 1. The number of hydrogen-bond acceptors (Lipinski definition) is 5. The van der Waals surface area contributed by atoms with Crippen molar-refractivity contribution in [2.24, 2.45) is 0 Å². The van der Waals surface area contributed by atoms with E-state index in [1.54, 1.807) is 25.3 Å². The number of carbonyl (C=O) groups excluding carboxylic acids is 1. The molecule has 0 spiro atoms. The monoisotopic (exact) mass is 321 g/mol. The third-order valence-electron chi connectivity index (χ3n) is 2.43. The summed E-state index contributed by atoms with van der Waals surface area (Å²) in [5.74, 6) is -0.979. The molecule has 0 unspecified atom stereocenters. The van der Waals surface area contributed by atoms with Crippen molar-refractivity contribution in [3.05, 3.63) is 38.0 Å². The maximum absolute atomic E-state index is 13.0. The molecule has 2 aromatic heterocycles. The molecule has 0 aromatic carbocycles. The zero-order chi connectivity index (χ0) is 14.9. The Morgan fingerprint density at radius 1 is 1.35 bits per heavy atom. The minimum atomic E-state index is -4.69. The fraction of sp³-hybridized carbons (Fsp3) is 0.333. The van der Waals surface area contributed by atoms with Gasteiger partial charge >= 0.3 is 12.1 Å². The molecule has 0 bridgehead atoms. The maximum atomic E-state index is 13.0. The van der Waals surface area contributed by atoms with Gasteiger partial charge in [-0.15, -0.1) is 22.7 Å². The minimum absolute atomic E-state index is 0.174. The SMILES string of the molecule is Cc1csc([C@@H](OC(=O)c2sccc2C)C(F)(F)F)n1. The molecule has 0 radical (unpaired) electrons. The summed E-state index contributed by atoms with van der Waals surface area (Å²) in [4.78, 5) is 15.8. The van der Waals surface area contributed by atoms with Crippen LogP contribution in [0.4, 0.5) is 13.2 Å². The quantitative estimate of drug-likeness (QED) is 0.792. The van der Waals surface area contributed by atoms with E-state index < -0.39 is 18.2 Å². The second-order valence-corrected chi connectivity index (χ2v) is 5.89. The summed E-state index contributed by atoms with van der Waals surface area (Å²) in [7, 11) is 0. The van der Waals surface area contributed by atoms with E-state index in [-0.39, 0.29) is 9.88 Å². The van der Waals surface area contributed by atoms with Crippen molar-refractivity contribution in [1.29, 1.82) is 0 Å². The first-order valence-electron chi connectivity index (χ1n) is 5.53. The van der Waals surface area contributed by atoms with E-state index in [2.05, 4.69) is 9.72 Å². The van der Waals surface area contributed by atoms with Crippen molar-refractivity contribution in [1.82, 2.24) is 4.98 Å². The normalized spacial score (nSPS) is 13.2. The van der Waals surface area contributed by atoms with Gasteiger partial charge in [0.1, 0.15) is 9.88 Å². The van der Waals surface area contributed by atoms with Crippen LogP contribution in [0.5, 0.6) is 0 Å². The summed E-state index contributed by atoms with van der Waals surface area (Å²) in [6.07, 6.45) is -7.01. The van der Waals surface area contributed by atoms with Crippen LogP contribution in [-0.4, -0.2) is 17.1 Å². The van der Waals surface area contributed by atoms with Gasteiger partial charge in [0, 0.05) is 11.1 Å². The zero-order valence-electron chi connectivity index (χ0n) is 10.5. The van der Waals surface area contributed by atoms with Crippen LogP contribution in [-0.2, 0) is 4.74 Å². The number of aryl methyl sites for hydroxylation is 2. The van der Waals surface area contributed by atoms with Crippen LogP contribution in [0.2, 0.25) is 0 Å². The Kier molecular flexibility index (Phi) is 4.14. The van der Waals surface area contributed by atoms with E-state index in [9.17, 15) is 18.0 Å². The molecule has 8 heteroatoms. The summed E-state index contributed by atoms with van der Waals surface area (Å²) in [6.45, 7) is 3.22. The largest absolute Gasteiger partial charge is 0.441 e. The number of esters is 1. The molecule has 0 aliphatic carbocycles. The molecule has 0 fully saturated rings. The van der Waals surface area contributed by atoms with Gasteiger partial charge in [-0.3, -0.25) is 0 Å². The van der Waals surface area contributed by atoms with Crippen molar-refractivity contribution in [3.8, 4) is 0 Å². The van der Waals surface area contributed by atoms with Gasteiger partial charge in [-0.2, -0.15) is 13.2 Å². The second-order valence-electron chi connectivity index (χ2n) is 4.09. The molecule has 0 aliphatic rings. The van der Waals surface area contributed by atoms with Crippen molar-refractivity contribution in [2.45, 2.75) is 26.1 Å². The van der Waals surface area contributed by atoms with E-state index in [4.69, 9.17) is 0 Å². The fourth-order valence-corrected chi connectivity index (χ4v) is 3.14. The number of nitrogens with zero attached hydrogens (tertiary/aromatic N) is 1. The Labute approximate surface area is 121 Å². The van der Waals surface area contributed by atoms with Crippen molar-refractivity contribution >= 4 is 28.6 Å². The first kappa shape index (κ1) is 15.0. The highest BCUT2D eigenvalue weighted by Crippen LogP contribution is 2.38. The summed E-state index contributed by atoms with van der Waals surface area (Å²) in [6, 6.07) is 1.65. The number of carbonyl (C=O) groups is 1. The Morgan fingerprint density at radius 3 is 2.50 bits per heavy atom. The fourth-order valence-electron chi connectivity index (χ4n) is 1.49. The number of alkyl halides is 3. The zero-order valence-corrected chi connectivity index (χ0v) is 12.2. The highest BCUT2D eigenvalue weighted by molar-refractivity contribution is 7.12. The standard InChI is InChI=1S/C12H10F3NO2S2/c1-6-3-4-19-8(6)11(17)18-9(12(13,14)15)10-16-7(2)5-20-10/h3-5,9H,1-2H3/t9-/m1/s1. The molecule has 108 valence electrons. The molecule has 2 rings (SSSR count). The molecule has 2 aromatic rings. The van der Waals surface area contributed by atoms with Crippen LogP contribution in [0.15, 0.2) is 16.8 Å². The van der Waals surface area contributed by atoms with Gasteiger partial charge in [0.05, 0.1) is 0 Å². The average Bonchev–Trinajstić information content (AvgIpc) is 2.93. The van der Waals surface area contributed by atoms with Crippen LogP contribution in [0.1, 0.15) is 32.0 Å². The molecule has 2 heterocycles. The van der Waals surface area contributed by atoms with Gasteiger partial charge in [-0.1, -0.05) is 0 Å². The van der Waals surface area contributed by atoms with Crippen molar-refractivity contribution < 1.29 is 22.7 Å². The Morgan fingerprint density at radius 2 is 2.05 bits per heavy atom. The first-order valence-corrected chi connectivity index (χ1v) is 7.29. The molecule has 0 N–H and O–H groups in total. The predicted octanol–water partition coefficient (Wildman–Crippen LogP) is 4.28. The van der Waals surface area contributed by atoms with E-state index in [0.717, 1.165) is 22.7 Å². The van der Waals surface area contributed by atoms with Crippen molar-refractivity contribution in [3.63, 3.8) is 0 Å². The van der Waals surface area contributed by atoms with Crippen LogP contribution in [0.25, 0.3) is 0 Å². The first-order chi connectivity index (χ1) is 9.29. The van der Waals surface area contributed by atoms with Crippen LogP contribution in [0, 0.1) is 13.8 Å². The second kappa shape index (κ2) is 5.53. The molecular weight excluding hydrogens is 311 g/mol. The van der Waals surface area contributed by atoms with Gasteiger partial charge in [0.15, 0.2) is 0 Å². The lowest BCUT2D eigenvalue weighted by atomic mass is 10.3. The summed E-state index contributed by atoms with van der Waals surface area (Å²) < 4.78 is 43.7. The van der Waals surface area contributed by atoms with Crippen LogP contribution >= 0.6 is 22.7 Å². The summed E-state index contributed by atoms with van der Waals surface area (Å²) in [5.41, 5.74) is 1.05. The number of thiazole rings is 1. The van der Waals surface area contributed by atoms with E-state index in [0.29, 0.717) is 11.3 Å². The van der Waals surface area contributed by atoms with E-state index >= 15 is 0 Å². The molecule has 3 nitrogen and oxygen atoms in total. The lowest BCUT2D eigenvalue weighted by Gasteiger charge is -2.18. The Bertz CT molecular complexity index is 618. The van der Waals surface area contributed by atoms with Gasteiger partial charge in [-0.25, -0.2) is 9.78 Å². The molecule has 0 saturated heterocycles. The van der Waals surface area contributed by atoms with Crippen LogP contribution < -0.4 is 0 Å². The van der Waals surface area contributed by atoms with Gasteiger partial charge in [0.2, 0.25) is 6.10 Å². The third kappa shape index (κ3) is 3.18. The lowest BCUT2D eigenvalue weighted by Crippen LogP contribution is -2.26. The molecule has 1 atom stereocenters. The third-order valence-corrected chi connectivity index (χ3v) is 4.43. The van der Waals surface area contributed by atoms with Crippen LogP contribution in [0.3, 0.4) is 0 Å². The molecule has 0 aliphatic heterocycles. The maximum Gasteiger partial charge on any atom is 0.432 e. The van der Waals surface area contributed by atoms with Gasteiger partial charge in [0.25, 0.3) is 0 Å². The topological polar surface area (TPSA) is 39.2 Å². The number of hydrogen-bond donors (Lipinski definition) is 0. The average molecular weight is 321 g/mol. The number of rotatable bonds is 3.